The number of nitrogens with zero attached hydrogens (tertiary/aromatic N) is 2. The molecule has 0 radical (unpaired) electrons. The summed E-state index contributed by atoms with van der Waals surface area (Å²) in [6, 6.07) is 3.50. The van der Waals surface area contributed by atoms with Crippen molar-refractivity contribution in [3.8, 4) is 6.07 Å². The van der Waals surface area contributed by atoms with Crippen molar-refractivity contribution in [2.75, 3.05) is 6.61 Å². The first-order valence-electron chi connectivity index (χ1n) is 6.33. The molecule has 0 amide bonds. The molecule has 6 heteroatoms. The lowest BCUT2D eigenvalue weighted by atomic mass is 10.2. The van der Waals surface area contributed by atoms with Crippen LogP contribution in [0.5, 0.6) is 0 Å². The number of hydrogen-bond acceptors (Lipinski definition) is 5. The van der Waals surface area contributed by atoms with E-state index >= 15 is 0 Å². The maximum absolute atomic E-state index is 11.7. The number of carbonyl (C=O) groups excluding carboxylic acids is 2. The van der Waals surface area contributed by atoms with Gasteiger partial charge in [-0.2, -0.15) is 5.26 Å². The summed E-state index contributed by atoms with van der Waals surface area (Å²) in [7, 11) is 0. The lowest BCUT2D eigenvalue weighted by Gasteiger charge is -2.10. The average molecular weight is 278 g/mol. The minimum absolute atomic E-state index is 0.0386. The van der Waals surface area contributed by atoms with Crippen LogP contribution in [0.25, 0.3) is 0 Å². The van der Waals surface area contributed by atoms with Crippen molar-refractivity contribution in [1.29, 1.82) is 5.26 Å². The van der Waals surface area contributed by atoms with E-state index in [1.165, 1.54) is 6.92 Å². The van der Waals surface area contributed by atoms with E-state index < -0.39 is 18.0 Å². The van der Waals surface area contributed by atoms with Crippen LogP contribution in [0.1, 0.15) is 35.6 Å². The Morgan fingerprint density at radius 2 is 2.10 bits per heavy atom. The fourth-order valence-electron chi connectivity index (χ4n) is 1.85. The van der Waals surface area contributed by atoms with Gasteiger partial charge in [0.25, 0.3) is 0 Å². The largest absolute Gasteiger partial charge is 0.462 e. The van der Waals surface area contributed by atoms with E-state index in [9.17, 15) is 9.59 Å². The fraction of sp³-hybridized carbons (Fsp3) is 0.500. The Morgan fingerprint density at radius 3 is 2.65 bits per heavy atom. The average Bonchev–Trinajstić information content (AvgIpc) is 2.67. The number of carbonyl (C=O) groups is 2. The molecule has 0 aromatic carbocycles. The van der Waals surface area contributed by atoms with Crippen LogP contribution < -0.4 is 0 Å². The SMILES string of the molecule is CCOC(=O)c1cc(C)n(CC(=O)O[C@@H](C)C#N)c1C. The number of aromatic nitrogens is 1. The van der Waals surface area contributed by atoms with Gasteiger partial charge in [0.05, 0.1) is 12.2 Å². The number of rotatable bonds is 5. The van der Waals surface area contributed by atoms with E-state index in [0.29, 0.717) is 17.9 Å². The van der Waals surface area contributed by atoms with Crippen LogP contribution in [-0.2, 0) is 20.8 Å². The summed E-state index contributed by atoms with van der Waals surface area (Å²) in [4.78, 5) is 23.4. The fourth-order valence-corrected chi connectivity index (χ4v) is 1.85. The standard InChI is InChI=1S/C14H18N2O4/c1-5-19-14(18)12-6-9(2)16(11(12)4)8-13(17)20-10(3)7-15/h6,10H,5,8H2,1-4H3/t10-/m0/s1. The van der Waals surface area contributed by atoms with Gasteiger partial charge < -0.3 is 14.0 Å². The summed E-state index contributed by atoms with van der Waals surface area (Å²) >= 11 is 0. The van der Waals surface area contributed by atoms with Crippen LogP contribution in [0.2, 0.25) is 0 Å². The molecule has 20 heavy (non-hydrogen) atoms. The van der Waals surface area contributed by atoms with Gasteiger partial charge in [0.2, 0.25) is 0 Å². The molecule has 0 spiro atoms. The van der Waals surface area contributed by atoms with Gasteiger partial charge in [0.1, 0.15) is 12.6 Å². The Bertz CT molecular complexity index is 554. The molecule has 0 aliphatic rings. The third-order valence-electron chi connectivity index (χ3n) is 2.85. The lowest BCUT2D eigenvalue weighted by molar-refractivity contribution is -0.146. The van der Waals surface area contributed by atoms with E-state index in [-0.39, 0.29) is 6.54 Å². The Morgan fingerprint density at radius 1 is 1.45 bits per heavy atom. The Labute approximate surface area is 117 Å². The summed E-state index contributed by atoms with van der Waals surface area (Å²) in [6.07, 6.45) is -0.789. The maximum Gasteiger partial charge on any atom is 0.339 e. The molecule has 1 atom stereocenters. The highest BCUT2D eigenvalue weighted by Gasteiger charge is 2.19. The van der Waals surface area contributed by atoms with Crippen LogP contribution in [0.15, 0.2) is 6.07 Å². The van der Waals surface area contributed by atoms with E-state index in [2.05, 4.69) is 0 Å². The van der Waals surface area contributed by atoms with Crippen molar-refractivity contribution >= 4 is 11.9 Å². The second-order valence-electron chi connectivity index (χ2n) is 4.35. The summed E-state index contributed by atoms with van der Waals surface area (Å²) in [6.45, 7) is 7.01. The predicted octanol–water partition coefficient (Wildman–Crippen LogP) is 1.74. The quantitative estimate of drug-likeness (QED) is 0.766. The molecule has 0 N–H and O–H groups in total. The highest BCUT2D eigenvalue weighted by molar-refractivity contribution is 5.91. The number of hydrogen-bond donors (Lipinski definition) is 0. The molecular weight excluding hydrogens is 260 g/mol. The van der Waals surface area contributed by atoms with E-state index in [1.54, 1.807) is 31.4 Å². The summed E-state index contributed by atoms with van der Waals surface area (Å²) < 4.78 is 11.5. The van der Waals surface area contributed by atoms with Gasteiger partial charge >= 0.3 is 11.9 Å². The second-order valence-corrected chi connectivity index (χ2v) is 4.35. The van der Waals surface area contributed by atoms with Gasteiger partial charge in [0, 0.05) is 11.4 Å². The van der Waals surface area contributed by atoms with Gasteiger partial charge in [-0.25, -0.2) is 4.79 Å². The molecule has 108 valence electrons. The first kappa shape index (κ1) is 15.8. The van der Waals surface area contributed by atoms with Crippen molar-refractivity contribution in [2.24, 2.45) is 0 Å². The van der Waals surface area contributed by atoms with Crippen LogP contribution >= 0.6 is 0 Å². The van der Waals surface area contributed by atoms with E-state index in [0.717, 1.165) is 5.69 Å². The van der Waals surface area contributed by atoms with Crippen LogP contribution in [0.3, 0.4) is 0 Å². The lowest BCUT2D eigenvalue weighted by Crippen LogP contribution is -2.20. The number of aryl methyl sites for hydroxylation is 1. The van der Waals surface area contributed by atoms with Crippen LogP contribution in [0.4, 0.5) is 0 Å². The van der Waals surface area contributed by atoms with Gasteiger partial charge in [0.15, 0.2) is 6.10 Å². The van der Waals surface area contributed by atoms with Gasteiger partial charge in [-0.15, -0.1) is 0 Å². The minimum atomic E-state index is -0.789. The monoisotopic (exact) mass is 278 g/mol. The van der Waals surface area contributed by atoms with Crippen molar-refractivity contribution in [1.82, 2.24) is 4.57 Å². The van der Waals surface area contributed by atoms with E-state index in [1.807, 2.05) is 6.07 Å². The number of ether oxygens (including phenoxy) is 2. The zero-order valence-electron chi connectivity index (χ0n) is 12.1. The molecular formula is C14H18N2O4. The highest BCUT2D eigenvalue weighted by atomic mass is 16.5. The van der Waals surface area contributed by atoms with Crippen molar-refractivity contribution in [3.05, 3.63) is 23.0 Å². The Hall–Kier alpha value is -2.29. The van der Waals surface area contributed by atoms with Gasteiger partial charge in [-0.3, -0.25) is 4.79 Å². The van der Waals surface area contributed by atoms with Crippen molar-refractivity contribution in [2.45, 2.75) is 40.3 Å². The third kappa shape index (κ3) is 3.60. The summed E-state index contributed by atoms with van der Waals surface area (Å²) in [5.41, 5.74) is 1.83. The second kappa shape index (κ2) is 6.75. The number of nitriles is 1. The molecule has 0 saturated heterocycles. The predicted molar refractivity (Wildman–Crippen MR) is 71.0 cm³/mol. The molecule has 1 heterocycles. The van der Waals surface area contributed by atoms with E-state index in [4.69, 9.17) is 14.7 Å². The van der Waals surface area contributed by atoms with Gasteiger partial charge in [-0.05, 0) is 33.8 Å². The number of esters is 2. The molecule has 6 nitrogen and oxygen atoms in total. The molecule has 1 rings (SSSR count). The zero-order valence-corrected chi connectivity index (χ0v) is 12.1. The molecule has 0 saturated carbocycles. The third-order valence-corrected chi connectivity index (χ3v) is 2.85. The van der Waals surface area contributed by atoms with Gasteiger partial charge in [-0.1, -0.05) is 0 Å². The van der Waals surface area contributed by atoms with Crippen molar-refractivity contribution in [3.63, 3.8) is 0 Å². The first-order chi connectivity index (χ1) is 9.40. The molecule has 1 aromatic heterocycles. The first-order valence-corrected chi connectivity index (χ1v) is 6.33. The normalized spacial score (nSPS) is 11.6. The summed E-state index contributed by atoms with van der Waals surface area (Å²) in [5.74, 6) is -0.929. The van der Waals surface area contributed by atoms with Crippen molar-refractivity contribution < 1.29 is 19.1 Å². The minimum Gasteiger partial charge on any atom is -0.462 e. The maximum atomic E-state index is 11.7. The zero-order chi connectivity index (χ0) is 15.3. The molecule has 0 aliphatic heterocycles. The molecule has 0 unspecified atom stereocenters. The highest BCUT2D eigenvalue weighted by Crippen LogP contribution is 2.16. The Kier molecular flexibility index (Phi) is 5.32. The molecule has 1 aromatic rings. The topological polar surface area (TPSA) is 81.3 Å². The smallest absolute Gasteiger partial charge is 0.339 e. The summed E-state index contributed by atoms with van der Waals surface area (Å²) in [5, 5.41) is 8.60. The molecule has 0 bridgehead atoms. The van der Waals surface area contributed by atoms with Crippen LogP contribution in [-0.4, -0.2) is 29.2 Å². The molecule has 0 aliphatic carbocycles. The Balaban J connectivity index is 2.89. The molecule has 0 fully saturated rings. The van der Waals surface area contributed by atoms with Crippen LogP contribution in [0, 0.1) is 25.2 Å².